The minimum Gasteiger partial charge on any atom is -0.569 e. The van der Waals surface area contributed by atoms with Crippen molar-refractivity contribution in [3.8, 4) is 5.75 Å². The van der Waals surface area contributed by atoms with Crippen LogP contribution in [0.5, 0.6) is 5.75 Å². The van der Waals surface area contributed by atoms with Crippen molar-refractivity contribution in [2.45, 2.75) is 73.1 Å². The minimum atomic E-state index is -0.787. The van der Waals surface area contributed by atoms with Gasteiger partial charge in [-0.15, -0.1) is 17.4 Å². The summed E-state index contributed by atoms with van der Waals surface area (Å²) < 4.78 is 10.2. The van der Waals surface area contributed by atoms with Crippen molar-refractivity contribution in [2.75, 3.05) is 20.8 Å². The summed E-state index contributed by atoms with van der Waals surface area (Å²) in [5, 5.41) is 9.96. The molecule has 7 nitrogen and oxygen atoms in total. The van der Waals surface area contributed by atoms with E-state index >= 15 is 0 Å². The van der Waals surface area contributed by atoms with E-state index < -0.39 is 11.4 Å². The summed E-state index contributed by atoms with van der Waals surface area (Å²) >= 11 is 1.88. The number of aryl methyl sites for hydroxylation is 2. The fraction of sp³-hybridized carbons (Fsp3) is 0.556. The fourth-order valence-electron chi connectivity index (χ4n) is 2.93. The van der Waals surface area contributed by atoms with Crippen LogP contribution in [0.4, 0.5) is 0 Å². The number of carbonyl (C=O) groups excluding carboxylic acids is 1. The fourth-order valence-corrected chi connectivity index (χ4v) is 3.87. The average Bonchev–Trinajstić information content (AvgIpc) is 3.25. The van der Waals surface area contributed by atoms with Crippen molar-refractivity contribution in [3.05, 3.63) is 67.5 Å². The third kappa shape index (κ3) is 14.4. The maximum atomic E-state index is 11.9. The Morgan fingerprint density at radius 1 is 1.22 bits per heavy atom. The van der Waals surface area contributed by atoms with Gasteiger partial charge in [-0.2, -0.15) is 6.20 Å². The third-order valence-electron chi connectivity index (χ3n) is 4.81. The van der Waals surface area contributed by atoms with Crippen LogP contribution >= 0.6 is 11.3 Å². The van der Waals surface area contributed by atoms with Crippen LogP contribution in [0.2, 0.25) is 0 Å². The van der Waals surface area contributed by atoms with Gasteiger partial charge in [-0.3, -0.25) is 4.79 Å². The van der Waals surface area contributed by atoms with Gasteiger partial charge in [-0.1, -0.05) is 34.6 Å². The summed E-state index contributed by atoms with van der Waals surface area (Å²) in [6.07, 6.45) is 7.09. The summed E-state index contributed by atoms with van der Waals surface area (Å²) in [6, 6.07) is 5.73. The number of hydrogen-bond donors (Lipinski definition) is 1. The van der Waals surface area contributed by atoms with Gasteiger partial charge in [0.15, 0.2) is 5.78 Å². The molecule has 0 aromatic carbocycles. The zero-order valence-corrected chi connectivity index (χ0v) is 26.7. The quantitative estimate of drug-likeness (QED) is 0.158. The maximum Gasteiger partial charge on any atom is 0.350 e. The number of allylic oxidation sites excluding steroid dienone is 1. The Kier molecular flexibility index (Phi) is 22.2. The first kappa shape index (κ1) is 36.8. The molecule has 2 heterocycles. The number of carbonyl (C=O) groups is 1. The Morgan fingerprint density at radius 3 is 2.39 bits per heavy atom. The Bertz CT molecular complexity index is 939. The number of methoxy groups -OCH3 is 1. The summed E-state index contributed by atoms with van der Waals surface area (Å²) in [4.78, 5) is 31.2. The molecule has 0 aliphatic heterocycles. The second-order valence-corrected chi connectivity index (χ2v) is 9.35. The summed E-state index contributed by atoms with van der Waals surface area (Å²) in [5.74, 6) is -0.836. The Hall–Kier alpha value is -1.32. The molecule has 0 saturated heterocycles. The largest absolute Gasteiger partial charge is 0.569 e. The third-order valence-corrected chi connectivity index (χ3v) is 5.87. The van der Waals surface area contributed by atoms with Gasteiger partial charge >= 0.3 is 5.63 Å². The molecule has 2 aromatic heterocycles. The van der Waals surface area contributed by atoms with Crippen LogP contribution in [0.25, 0.3) is 5.48 Å². The number of thiophene rings is 1. The zero-order valence-electron chi connectivity index (χ0n) is 23.0. The molecule has 201 valence electrons. The van der Waals surface area contributed by atoms with Gasteiger partial charge in [0.25, 0.3) is 0 Å². The molecule has 0 aliphatic rings. The van der Waals surface area contributed by atoms with Crippen molar-refractivity contribution in [1.82, 2.24) is 0 Å². The van der Waals surface area contributed by atoms with E-state index in [1.165, 1.54) is 22.9 Å². The molecule has 1 atom stereocenters. The van der Waals surface area contributed by atoms with Crippen molar-refractivity contribution in [3.63, 3.8) is 0 Å². The van der Waals surface area contributed by atoms with Crippen LogP contribution in [-0.2, 0) is 48.7 Å². The molecule has 0 bridgehead atoms. The van der Waals surface area contributed by atoms with Gasteiger partial charge in [-0.05, 0) is 44.7 Å². The number of aromatic hydroxyl groups is 1. The monoisotopic (exact) mass is 597 g/mol. The molecule has 0 spiro atoms. The van der Waals surface area contributed by atoms with E-state index in [9.17, 15) is 14.7 Å². The van der Waals surface area contributed by atoms with E-state index in [0.717, 1.165) is 19.4 Å². The number of nitrogens with zero attached hydrogens (tertiary/aromatic N) is 1. The second kappa shape index (κ2) is 21.7. The van der Waals surface area contributed by atoms with Crippen molar-refractivity contribution < 1.29 is 56.6 Å². The number of hydrogen-bond acceptors (Lipinski definition) is 7. The van der Waals surface area contributed by atoms with Crippen molar-refractivity contribution in [1.29, 1.82) is 0 Å². The molecule has 2 aromatic rings. The van der Waals surface area contributed by atoms with E-state index in [1.54, 1.807) is 27.2 Å². The van der Waals surface area contributed by atoms with E-state index in [2.05, 4.69) is 29.4 Å². The van der Waals surface area contributed by atoms with Gasteiger partial charge in [-0.25, -0.2) is 4.79 Å². The van der Waals surface area contributed by atoms with Crippen LogP contribution in [-0.4, -0.2) is 31.7 Å². The van der Waals surface area contributed by atoms with Crippen molar-refractivity contribution in [2.24, 2.45) is 5.92 Å². The van der Waals surface area contributed by atoms with E-state index in [-0.39, 0.29) is 55.9 Å². The molecule has 1 unspecified atom stereocenters. The van der Waals surface area contributed by atoms with Crippen LogP contribution in [0, 0.1) is 12.8 Å². The summed E-state index contributed by atoms with van der Waals surface area (Å²) in [5.41, 5.74) is 2.53. The van der Waals surface area contributed by atoms with E-state index in [0.29, 0.717) is 18.6 Å². The standard InChI is InChI=1S/C16H22NO5.C9H14OS.C2H6.Y/c1-10(2)15(19)14-12(18)9-13(22-16(14)20)11(3)7-5-6-8-17-21-4;1-8-5-6-9(11-8)4-3-7-10-2;1-2;/h6,8-11H,5,7H2,1-4H3,(H,18,19,20);5-6H,3-4,7H2,1-2H3;1-2H3;/q-1;;;/b8-6-;;;. The number of rotatable bonds is 12. The summed E-state index contributed by atoms with van der Waals surface area (Å²) in [6.45, 7) is 12.2. The first-order valence-corrected chi connectivity index (χ1v) is 12.9. The summed E-state index contributed by atoms with van der Waals surface area (Å²) in [7, 11) is 3.21. The second-order valence-electron chi connectivity index (χ2n) is 7.98. The molecule has 9 heteroatoms. The first-order chi connectivity index (χ1) is 16.7. The Balaban J connectivity index is 0. The molecule has 1 radical (unpaired) electrons. The molecule has 0 aliphatic carbocycles. The Labute approximate surface area is 245 Å². The molecular formula is C27H42NO6SY-. The number of ketones is 1. The van der Waals surface area contributed by atoms with E-state index in [4.69, 9.17) is 9.15 Å². The molecule has 1 N–H and O–H groups in total. The maximum absolute atomic E-state index is 11.9. The van der Waals surface area contributed by atoms with Crippen LogP contribution in [0.15, 0.2) is 39.7 Å². The van der Waals surface area contributed by atoms with Crippen molar-refractivity contribution >= 4 is 17.1 Å². The topological polar surface area (TPSA) is 100 Å². The number of hydroxylamine groups is 1. The van der Waals surface area contributed by atoms with Gasteiger partial charge in [0.1, 0.15) is 17.1 Å². The van der Waals surface area contributed by atoms with Gasteiger partial charge in [0.05, 0.1) is 0 Å². The normalized spacial score (nSPS) is 11.1. The van der Waals surface area contributed by atoms with Crippen LogP contribution in [0.3, 0.4) is 0 Å². The van der Waals surface area contributed by atoms with Crippen LogP contribution in [0.1, 0.15) is 85.7 Å². The predicted molar refractivity (Wildman–Crippen MR) is 144 cm³/mol. The first-order valence-electron chi connectivity index (χ1n) is 12.0. The average molecular weight is 598 g/mol. The SMILES string of the molecule is CC.COCCCc1ccc(C)s1.CO[N-]/C=C\CCC(C)c1cc(O)c(C(=O)C(C)C)c(=O)o1.[Y]. The predicted octanol–water partition coefficient (Wildman–Crippen LogP) is 7.18. The van der Waals surface area contributed by atoms with Gasteiger partial charge < -0.3 is 24.6 Å². The smallest absolute Gasteiger partial charge is 0.350 e. The number of Topliss-reactive ketones (excluding diaryl/α,β-unsaturated/α-hetero) is 1. The molecule has 0 fully saturated rings. The van der Waals surface area contributed by atoms with E-state index in [1.807, 2.05) is 38.2 Å². The number of ether oxygens (including phenoxy) is 1. The Morgan fingerprint density at radius 2 is 1.89 bits per heavy atom. The molecule has 0 amide bonds. The molecule has 0 saturated carbocycles. The molecule has 2 rings (SSSR count). The molecular weight excluding hydrogens is 555 g/mol. The van der Waals surface area contributed by atoms with Gasteiger partial charge in [0, 0.05) is 81.2 Å². The van der Waals surface area contributed by atoms with Gasteiger partial charge in [0.2, 0.25) is 0 Å². The van der Waals surface area contributed by atoms with Crippen LogP contribution < -0.4 is 5.63 Å². The minimum absolute atomic E-state index is 0. The zero-order chi connectivity index (χ0) is 26.8. The molecule has 36 heavy (non-hydrogen) atoms.